The van der Waals surface area contributed by atoms with Gasteiger partial charge in [0, 0.05) is 35.1 Å². The standard InChI is InChI=1S/C29H29ClN4O3/c1-17(2)9-11-37-21-8-4-7-20(13-21)28-25-26(22-14-23(30)18(3)12-24(22)35)32-33-27(25)29(36)34(28)16-19-6-5-10-31-15-19/h4-8,10,12-15,17,28,35H,9,11,16H2,1-3H3,(H,32,33)/t28-/m1/s1. The number of phenols is 1. The maximum atomic E-state index is 13.7. The Hall–Kier alpha value is -3.84. The van der Waals surface area contributed by atoms with Crippen LogP contribution in [-0.2, 0) is 6.54 Å². The Morgan fingerprint density at radius 2 is 2.03 bits per heavy atom. The molecule has 2 aromatic heterocycles. The number of aromatic amines is 1. The Bertz CT molecular complexity index is 1430. The number of nitrogens with one attached hydrogen (secondary N) is 1. The molecule has 2 N–H and O–H groups in total. The third-order valence-electron chi connectivity index (χ3n) is 6.61. The number of H-pyrrole nitrogens is 1. The molecule has 2 aromatic carbocycles. The van der Waals surface area contributed by atoms with Crippen LogP contribution in [0.5, 0.6) is 11.5 Å². The number of carbonyl (C=O) groups is 1. The van der Waals surface area contributed by atoms with Crippen LogP contribution < -0.4 is 4.74 Å². The number of fused-ring (bicyclic) bond motifs is 1. The first kappa shape index (κ1) is 24.8. The molecule has 4 aromatic rings. The maximum absolute atomic E-state index is 13.7. The Balaban J connectivity index is 1.61. The maximum Gasteiger partial charge on any atom is 0.273 e. The molecule has 37 heavy (non-hydrogen) atoms. The number of nitrogens with zero attached hydrogens (tertiary/aromatic N) is 3. The zero-order valence-corrected chi connectivity index (χ0v) is 21.8. The van der Waals surface area contributed by atoms with Crippen LogP contribution >= 0.6 is 11.6 Å². The van der Waals surface area contributed by atoms with Crippen molar-refractivity contribution in [1.29, 1.82) is 0 Å². The highest BCUT2D eigenvalue weighted by Gasteiger charge is 2.42. The quantitative estimate of drug-likeness (QED) is 0.286. The largest absolute Gasteiger partial charge is 0.507 e. The van der Waals surface area contributed by atoms with E-state index >= 15 is 0 Å². The van der Waals surface area contributed by atoms with Gasteiger partial charge in [0.25, 0.3) is 5.91 Å². The number of pyridine rings is 1. The van der Waals surface area contributed by atoms with Crippen molar-refractivity contribution in [2.75, 3.05) is 6.61 Å². The van der Waals surface area contributed by atoms with Crippen LogP contribution in [0.4, 0.5) is 0 Å². The molecule has 0 unspecified atom stereocenters. The zero-order chi connectivity index (χ0) is 26.1. The summed E-state index contributed by atoms with van der Waals surface area (Å²) in [5.41, 5.74) is 4.61. The fourth-order valence-electron chi connectivity index (χ4n) is 4.64. The Labute approximate surface area is 221 Å². The van der Waals surface area contributed by atoms with Crippen molar-refractivity contribution >= 4 is 17.5 Å². The Morgan fingerprint density at radius 1 is 1.19 bits per heavy atom. The number of carbonyl (C=O) groups excluding carboxylic acids is 1. The minimum Gasteiger partial charge on any atom is -0.507 e. The fraction of sp³-hybridized carbons (Fsp3) is 0.276. The van der Waals surface area contributed by atoms with Gasteiger partial charge >= 0.3 is 0 Å². The number of ether oxygens (including phenoxy) is 1. The number of hydrogen-bond donors (Lipinski definition) is 2. The first-order chi connectivity index (χ1) is 17.8. The van der Waals surface area contributed by atoms with Gasteiger partial charge in [-0.25, -0.2) is 0 Å². The second-order valence-corrected chi connectivity index (χ2v) is 10.2. The van der Waals surface area contributed by atoms with Crippen molar-refractivity contribution in [2.24, 2.45) is 5.92 Å². The molecule has 0 spiro atoms. The van der Waals surface area contributed by atoms with Crippen LogP contribution in [0.3, 0.4) is 0 Å². The Kier molecular flexibility index (Phi) is 6.89. The lowest BCUT2D eigenvalue weighted by atomic mass is 9.95. The van der Waals surface area contributed by atoms with Crippen LogP contribution in [0.25, 0.3) is 11.3 Å². The van der Waals surface area contributed by atoms with Gasteiger partial charge < -0.3 is 14.7 Å². The SMILES string of the molecule is Cc1cc(O)c(-c2n[nH]c3c2[C@@H](c2cccc(OCCC(C)C)c2)N(Cc2cccnc2)C3=O)cc1Cl. The highest BCUT2D eigenvalue weighted by Crippen LogP contribution is 2.46. The molecule has 8 heteroatoms. The highest BCUT2D eigenvalue weighted by molar-refractivity contribution is 6.31. The molecule has 1 atom stereocenters. The molecule has 0 saturated heterocycles. The number of hydrogen-bond acceptors (Lipinski definition) is 5. The number of amides is 1. The lowest BCUT2D eigenvalue weighted by Crippen LogP contribution is -2.29. The lowest BCUT2D eigenvalue weighted by molar-refractivity contribution is 0.0729. The van der Waals surface area contributed by atoms with Crippen LogP contribution in [0.2, 0.25) is 5.02 Å². The zero-order valence-electron chi connectivity index (χ0n) is 21.0. The molecule has 1 aliphatic heterocycles. The number of benzene rings is 2. The van der Waals surface area contributed by atoms with Gasteiger partial charge in [0.05, 0.1) is 12.6 Å². The van der Waals surface area contributed by atoms with E-state index in [1.54, 1.807) is 29.4 Å². The van der Waals surface area contributed by atoms with E-state index in [1.165, 1.54) is 0 Å². The van der Waals surface area contributed by atoms with Gasteiger partial charge in [-0.15, -0.1) is 0 Å². The molecule has 0 fully saturated rings. The van der Waals surface area contributed by atoms with Gasteiger partial charge in [-0.1, -0.05) is 43.6 Å². The van der Waals surface area contributed by atoms with Crippen LogP contribution in [0.15, 0.2) is 60.9 Å². The molecule has 0 radical (unpaired) electrons. The van der Waals surface area contributed by atoms with Gasteiger partial charge in [0.15, 0.2) is 0 Å². The normalized spacial score (nSPS) is 14.9. The predicted octanol–water partition coefficient (Wildman–Crippen LogP) is 6.31. The number of aromatic hydroxyl groups is 1. The number of rotatable bonds is 8. The molecular formula is C29H29ClN4O3. The van der Waals surface area contributed by atoms with Crippen molar-refractivity contribution in [3.63, 3.8) is 0 Å². The van der Waals surface area contributed by atoms with E-state index < -0.39 is 6.04 Å². The highest BCUT2D eigenvalue weighted by atomic mass is 35.5. The van der Waals surface area contributed by atoms with E-state index in [0.29, 0.717) is 46.6 Å². The first-order valence-corrected chi connectivity index (χ1v) is 12.7. The van der Waals surface area contributed by atoms with Gasteiger partial charge in [-0.2, -0.15) is 5.10 Å². The lowest BCUT2D eigenvalue weighted by Gasteiger charge is -2.27. The predicted molar refractivity (Wildman–Crippen MR) is 143 cm³/mol. The molecule has 1 aliphatic rings. The van der Waals surface area contributed by atoms with Crippen LogP contribution in [-0.4, -0.2) is 37.7 Å². The third-order valence-corrected chi connectivity index (χ3v) is 7.02. The van der Waals surface area contributed by atoms with E-state index in [1.807, 2.05) is 43.3 Å². The second-order valence-electron chi connectivity index (χ2n) is 9.78. The third kappa shape index (κ3) is 4.91. The average Bonchev–Trinajstić information content (AvgIpc) is 3.41. The molecule has 0 bridgehead atoms. The molecule has 5 rings (SSSR count). The van der Waals surface area contributed by atoms with Crippen molar-refractivity contribution in [1.82, 2.24) is 20.1 Å². The topological polar surface area (TPSA) is 91.3 Å². The van der Waals surface area contributed by atoms with Gasteiger partial charge in [-0.3, -0.25) is 14.9 Å². The van der Waals surface area contributed by atoms with E-state index in [4.69, 9.17) is 16.3 Å². The summed E-state index contributed by atoms with van der Waals surface area (Å²) in [6.07, 6.45) is 4.41. The number of aryl methyl sites for hydroxylation is 1. The molecule has 190 valence electrons. The molecule has 7 nitrogen and oxygen atoms in total. The molecule has 3 heterocycles. The summed E-state index contributed by atoms with van der Waals surface area (Å²) in [4.78, 5) is 19.7. The van der Waals surface area contributed by atoms with Gasteiger partial charge in [0.1, 0.15) is 22.9 Å². The van der Waals surface area contributed by atoms with E-state index in [0.717, 1.165) is 28.9 Å². The summed E-state index contributed by atoms with van der Waals surface area (Å²) in [5, 5.41) is 18.7. The van der Waals surface area contributed by atoms with E-state index in [9.17, 15) is 9.90 Å². The Morgan fingerprint density at radius 3 is 2.78 bits per heavy atom. The number of halogens is 1. The fourth-order valence-corrected chi connectivity index (χ4v) is 4.81. The minimum absolute atomic E-state index is 0.0545. The summed E-state index contributed by atoms with van der Waals surface area (Å²) >= 11 is 6.41. The minimum atomic E-state index is -0.454. The molecule has 0 aliphatic carbocycles. The van der Waals surface area contributed by atoms with Crippen molar-refractivity contribution in [3.05, 3.63) is 93.9 Å². The summed E-state index contributed by atoms with van der Waals surface area (Å²) in [6.45, 7) is 7.12. The van der Waals surface area contributed by atoms with Crippen LogP contribution in [0, 0.1) is 12.8 Å². The molecule has 1 amide bonds. The van der Waals surface area contributed by atoms with Crippen molar-refractivity contribution < 1.29 is 14.6 Å². The summed E-state index contributed by atoms with van der Waals surface area (Å²) in [6, 6.07) is 14.5. The summed E-state index contributed by atoms with van der Waals surface area (Å²) in [5.74, 6) is 1.16. The second kappa shape index (κ2) is 10.3. The smallest absolute Gasteiger partial charge is 0.273 e. The molecular weight excluding hydrogens is 488 g/mol. The number of aromatic nitrogens is 3. The summed E-state index contributed by atoms with van der Waals surface area (Å²) < 4.78 is 6.04. The summed E-state index contributed by atoms with van der Waals surface area (Å²) in [7, 11) is 0. The number of phenolic OH excluding ortho intramolecular Hbond substituents is 1. The van der Waals surface area contributed by atoms with Gasteiger partial charge in [0.2, 0.25) is 0 Å². The average molecular weight is 517 g/mol. The van der Waals surface area contributed by atoms with Crippen molar-refractivity contribution in [3.8, 4) is 22.8 Å². The monoisotopic (exact) mass is 516 g/mol. The van der Waals surface area contributed by atoms with E-state index in [2.05, 4.69) is 29.0 Å². The first-order valence-electron chi connectivity index (χ1n) is 12.3. The van der Waals surface area contributed by atoms with Crippen molar-refractivity contribution in [2.45, 2.75) is 39.8 Å². The van der Waals surface area contributed by atoms with Gasteiger partial charge in [-0.05, 0) is 66.3 Å². The van der Waals surface area contributed by atoms with E-state index in [-0.39, 0.29) is 11.7 Å². The molecule has 0 saturated carbocycles. The van der Waals surface area contributed by atoms with Crippen LogP contribution in [0.1, 0.15) is 59.1 Å².